The van der Waals surface area contributed by atoms with E-state index in [1.807, 2.05) is 0 Å². The molecule has 0 fully saturated rings. The van der Waals surface area contributed by atoms with Crippen molar-refractivity contribution in [2.24, 2.45) is 0 Å². The van der Waals surface area contributed by atoms with Gasteiger partial charge in [0.05, 0.1) is 0 Å². The Morgan fingerprint density at radius 2 is 0.507 bits per heavy atom. The molecular weight excluding hydrogens is 901 g/mol. The van der Waals surface area contributed by atoms with Crippen LogP contribution in [-0.2, 0) is 28.6 Å². The summed E-state index contributed by atoms with van der Waals surface area (Å²) in [5.41, 5.74) is 0. The van der Waals surface area contributed by atoms with E-state index in [0.29, 0.717) is 25.7 Å². The first-order valence-corrected chi connectivity index (χ1v) is 31.8. The van der Waals surface area contributed by atoms with E-state index in [0.717, 1.165) is 64.2 Å². The Morgan fingerprint density at radius 1 is 0.274 bits per heavy atom. The molecule has 0 heterocycles. The molecule has 0 N–H and O–H groups in total. The van der Waals surface area contributed by atoms with Gasteiger partial charge in [-0.1, -0.05) is 287 Å². The Labute approximate surface area is 453 Å². The number of hydrogen-bond donors (Lipinski definition) is 0. The van der Waals surface area contributed by atoms with Gasteiger partial charge in [-0.3, -0.25) is 14.4 Å². The average Bonchev–Trinajstić information content (AvgIpc) is 3.39. The normalized spacial score (nSPS) is 12.4. The fourth-order valence-electron chi connectivity index (χ4n) is 9.20. The van der Waals surface area contributed by atoms with Crippen LogP contribution in [-0.4, -0.2) is 37.2 Å². The van der Waals surface area contributed by atoms with Gasteiger partial charge in [-0.2, -0.15) is 0 Å². The lowest BCUT2D eigenvalue weighted by Gasteiger charge is -2.18. The zero-order valence-corrected chi connectivity index (χ0v) is 48.7. The van der Waals surface area contributed by atoms with Crippen molar-refractivity contribution in [3.05, 3.63) is 60.8 Å². The van der Waals surface area contributed by atoms with Crippen LogP contribution in [0.3, 0.4) is 0 Å². The van der Waals surface area contributed by atoms with E-state index in [2.05, 4.69) is 81.5 Å². The van der Waals surface area contributed by atoms with Crippen LogP contribution in [0.15, 0.2) is 60.8 Å². The van der Waals surface area contributed by atoms with Crippen LogP contribution in [0.5, 0.6) is 0 Å². The minimum absolute atomic E-state index is 0.0891. The molecule has 0 aliphatic rings. The van der Waals surface area contributed by atoms with Crippen LogP contribution >= 0.6 is 0 Å². The summed E-state index contributed by atoms with van der Waals surface area (Å²) in [5.74, 6) is -0.929. The van der Waals surface area contributed by atoms with Gasteiger partial charge in [-0.05, 0) is 83.5 Å². The molecule has 0 amide bonds. The molecule has 6 heteroatoms. The Bertz CT molecular complexity index is 1310. The van der Waals surface area contributed by atoms with Crippen molar-refractivity contribution in [2.45, 2.75) is 335 Å². The average molecular weight is 1020 g/mol. The minimum Gasteiger partial charge on any atom is -0.462 e. The Hall–Kier alpha value is -2.89. The van der Waals surface area contributed by atoms with Gasteiger partial charge < -0.3 is 14.2 Å². The first-order chi connectivity index (χ1) is 36.0. The molecule has 73 heavy (non-hydrogen) atoms. The second kappa shape index (κ2) is 61.7. The number of esters is 3. The molecule has 6 nitrogen and oxygen atoms in total. The largest absolute Gasteiger partial charge is 0.462 e. The van der Waals surface area contributed by atoms with Gasteiger partial charge in [0, 0.05) is 19.3 Å². The van der Waals surface area contributed by atoms with Crippen LogP contribution in [0.4, 0.5) is 0 Å². The predicted octanol–water partition coefficient (Wildman–Crippen LogP) is 21.6. The zero-order chi connectivity index (χ0) is 52.9. The standard InChI is InChI=1S/C67H120O6/c1-4-7-10-13-16-19-22-25-28-31-33-36-39-42-45-48-51-54-57-60-66(69)72-63-64(62-71-65(68)59-56-53-50-47-44-41-38-35-30-27-24-21-18-15-12-9-6-3)73-67(70)61-58-55-52-49-46-43-40-37-34-32-29-26-23-20-17-14-11-8-5-2/h16,19,25,27-28,30,38,41,47,50,64H,4-15,17-18,20-24,26,29,31-37,39-40,42-46,48-49,51-63H2,1-3H3/b19-16-,28-25-,30-27-,41-38-,50-47-/t64-/m0/s1. The molecule has 0 rings (SSSR count). The molecule has 0 aliphatic carbocycles. The first kappa shape index (κ1) is 70.1. The van der Waals surface area contributed by atoms with Gasteiger partial charge in [0.15, 0.2) is 6.10 Å². The van der Waals surface area contributed by atoms with E-state index in [1.165, 1.54) is 218 Å². The molecule has 0 aromatic carbocycles. The van der Waals surface area contributed by atoms with Crippen molar-refractivity contribution >= 4 is 17.9 Å². The molecule has 1 atom stereocenters. The maximum Gasteiger partial charge on any atom is 0.306 e. The minimum atomic E-state index is -0.795. The van der Waals surface area contributed by atoms with Gasteiger partial charge in [0.2, 0.25) is 0 Å². The van der Waals surface area contributed by atoms with E-state index in [1.54, 1.807) is 0 Å². The van der Waals surface area contributed by atoms with Crippen molar-refractivity contribution in [3.63, 3.8) is 0 Å². The highest BCUT2D eigenvalue weighted by Gasteiger charge is 2.19. The number of unbranched alkanes of at least 4 members (excludes halogenated alkanes) is 37. The first-order valence-electron chi connectivity index (χ1n) is 31.8. The van der Waals surface area contributed by atoms with Gasteiger partial charge in [-0.25, -0.2) is 0 Å². The molecule has 0 bridgehead atoms. The molecule has 424 valence electrons. The maximum atomic E-state index is 12.9. The summed E-state index contributed by atoms with van der Waals surface area (Å²) in [4.78, 5) is 38.3. The summed E-state index contributed by atoms with van der Waals surface area (Å²) < 4.78 is 16.9. The fourth-order valence-corrected chi connectivity index (χ4v) is 9.20. The fraction of sp³-hybridized carbons (Fsp3) is 0.806. The Kier molecular flexibility index (Phi) is 59.2. The highest BCUT2D eigenvalue weighted by Crippen LogP contribution is 2.17. The third-order valence-electron chi connectivity index (χ3n) is 14.0. The van der Waals surface area contributed by atoms with Crippen LogP contribution in [0.25, 0.3) is 0 Å². The molecule has 0 aromatic heterocycles. The van der Waals surface area contributed by atoms with Crippen molar-refractivity contribution in [2.75, 3.05) is 13.2 Å². The van der Waals surface area contributed by atoms with Crippen molar-refractivity contribution in [1.82, 2.24) is 0 Å². The molecule has 0 saturated heterocycles. The van der Waals surface area contributed by atoms with Crippen molar-refractivity contribution in [1.29, 1.82) is 0 Å². The van der Waals surface area contributed by atoms with E-state index in [-0.39, 0.29) is 31.1 Å². The molecule has 0 unspecified atom stereocenters. The summed E-state index contributed by atoms with van der Waals surface area (Å²) >= 11 is 0. The van der Waals surface area contributed by atoms with Crippen molar-refractivity contribution < 1.29 is 28.6 Å². The number of ether oxygens (including phenoxy) is 3. The molecule has 0 aliphatic heterocycles. The van der Waals surface area contributed by atoms with Crippen LogP contribution in [0, 0.1) is 0 Å². The molecular formula is C67H120O6. The number of carbonyl (C=O) groups excluding carboxylic acids is 3. The lowest BCUT2D eigenvalue weighted by molar-refractivity contribution is -0.167. The topological polar surface area (TPSA) is 78.9 Å². The highest BCUT2D eigenvalue weighted by molar-refractivity contribution is 5.71. The zero-order valence-electron chi connectivity index (χ0n) is 48.7. The lowest BCUT2D eigenvalue weighted by Crippen LogP contribution is -2.30. The second-order valence-electron chi connectivity index (χ2n) is 21.3. The lowest BCUT2D eigenvalue weighted by atomic mass is 10.0. The predicted molar refractivity (Wildman–Crippen MR) is 316 cm³/mol. The number of carbonyl (C=O) groups is 3. The quantitative estimate of drug-likeness (QED) is 0.0261. The summed E-state index contributed by atoms with van der Waals surface area (Å²) in [6, 6.07) is 0. The summed E-state index contributed by atoms with van der Waals surface area (Å²) in [5, 5.41) is 0. The SMILES string of the molecule is CCCCC/C=C\C/C=C\CCCCCCCCCCCC(=O)OC[C@H](COC(=O)CCC/C=C\C/C=C\C/C=C\CCCCCCCC)OC(=O)CCCCCCCCCCCCCCCCCCCCC. The van der Waals surface area contributed by atoms with Gasteiger partial charge >= 0.3 is 17.9 Å². The Morgan fingerprint density at radius 3 is 0.849 bits per heavy atom. The molecule has 0 radical (unpaired) electrons. The summed E-state index contributed by atoms with van der Waals surface area (Å²) in [7, 11) is 0. The van der Waals surface area contributed by atoms with Gasteiger partial charge in [-0.15, -0.1) is 0 Å². The molecule has 0 aromatic rings. The van der Waals surface area contributed by atoms with E-state index >= 15 is 0 Å². The monoisotopic (exact) mass is 1020 g/mol. The smallest absolute Gasteiger partial charge is 0.306 e. The second-order valence-corrected chi connectivity index (χ2v) is 21.3. The third-order valence-corrected chi connectivity index (χ3v) is 14.0. The third kappa shape index (κ3) is 59.9. The molecule has 0 spiro atoms. The maximum absolute atomic E-state index is 12.9. The number of hydrogen-bond acceptors (Lipinski definition) is 6. The summed E-state index contributed by atoms with van der Waals surface area (Å²) in [6.45, 7) is 6.61. The van der Waals surface area contributed by atoms with Crippen molar-refractivity contribution in [3.8, 4) is 0 Å². The molecule has 0 saturated carbocycles. The van der Waals surface area contributed by atoms with Crippen LogP contribution < -0.4 is 0 Å². The van der Waals surface area contributed by atoms with E-state index in [9.17, 15) is 14.4 Å². The number of allylic oxidation sites excluding steroid dienone is 10. The van der Waals surface area contributed by atoms with Gasteiger partial charge in [0.25, 0.3) is 0 Å². The summed E-state index contributed by atoms with van der Waals surface area (Å²) in [6.07, 6.45) is 78.0. The van der Waals surface area contributed by atoms with Crippen LogP contribution in [0.2, 0.25) is 0 Å². The Balaban J connectivity index is 4.41. The van der Waals surface area contributed by atoms with E-state index in [4.69, 9.17) is 14.2 Å². The van der Waals surface area contributed by atoms with Gasteiger partial charge in [0.1, 0.15) is 13.2 Å². The number of rotatable bonds is 58. The highest BCUT2D eigenvalue weighted by atomic mass is 16.6. The van der Waals surface area contributed by atoms with E-state index < -0.39 is 6.10 Å². The van der Waals surface area contributed by atoms with Crippen LogP contribution in [0.1, 0.15) is 329 Å².